The fourth-order valence-corrected chi connectivity index (χ4v) is 6.12. The summed E-state index contributed by atoms with van der Waals surface area (Å²) in [6, 6.07) is -1.16. The van der Waals surface area contributed by atoms with Crippen LogP contribution < -0.4 is 21.7 Å². The predicted octanol–water partition coefficient (Wildman–Crippen LogP) is 1.29. The molecule has 1 aliphatic heterocycles. The van der Waals surface area contributed by atoms with E-state index in [9.17, 15) is 28.8 Å². The number of unbranched alkanes of at least 4 members (excludes halogenated alkanes) is 1. The molecule has 0 bridgehead atoms. The molecule has 0 aliphatic carbocycles. The molecule has 0 aromatic rings. The van der Waals surface area contributed by atoms with E-state index in [1.165, 1.54) is 0 Å². The smallest absolute Gasteiger partial charge is 0.323 e. The maximum atomic E-state index is 13.8. The standard InChI is InChI=1S/C40H76N8O9/c1-37(2,3)56-34(52)22-47-27-45(18-20-49)29-48(30-46(28-47)19-21-50)32(36(54)57-38(4,5)6)15-16-33(51)43-23-39(7,8)25-55-26-40(9,10)24-44-35(53)31(42-11)14-12-13-17-41/h20-21,31-32,42H,12-19,22-30,41H2,1-11H3,(H,43,51)(H,44,53). The van der Waals surface area contributed by atoms with E-state index in [0.717, 1.165) is 25.4 Å². The molecule has 2 amide bonds. The van der Waals surface area contributed by atoms with Gasteiger partial charge in [0.15, 0.2) is 0 Å². The van der Waals surface area contributed by atoms with Crippen molar-refractivity contribution >= 4 is 36.3 Å². The molecule has 1 aliphatic rings. The van der Waals surface area contributed by atoms with Crippen molar-refractivity contribution in [2.24, 2.45) is 16.6 Å². The van der Waals surface area contributed by atoms with Gasteiger partial charge in [0, 0.05) is 30.3 Å². The minimum atomic E-state index is -0.885. The van der Waals surface area contributed by atoms with Gasteiger partial charge in [-0.15, -0.1) is 0 Å². The summed E-state index contributed by atoms with van der Waals surface area (Å²) in [6.45, 7) is 21.4. The van der Waals surface area contributed by atoms with Crippen molar-refractivity contribution < 1.29 is 43.0 Å². The number of hydrogen-bond donors (Lipinski definition) is 4. The van der Waals surface area contributed by atoms with Crippen molar-refractivity contribution in [3.8, 4) is 0 Å². The summed E-state index contributed by atoms with van der Waals surface area (Å²) >= 11 is 0. The van der Waals surface area contributed by atoms with E-state index in [0.29, 0.717) is 39.3 Å². The Hall–Kier alpha value is -3.06. The van der Waals surface area contributed by atoms with Crippen LogP contribution in [0.1, 0.15) is 101 Å². The number of nitrogens with zero attached hydrogens (tertiary/aromatic N) is 4. The monoisotopic (exact) mass is 813 g/mol. The third-order valence-corrected chi connectivity index (χ3v) is 8.87. The second kappa shape index (κ2) is 24.8. The van der Waals surface area contributed by atoms with Gasteiger partial charge in [0.2, 0.25) is 11.8 Å². The molecular weight excluding hydrogens is 736 g/mol. The van der Waals surface area contributed by atoms with Crippen molar-refractivity contribution in [2.45, 2.75) is 125 Å². The molecule has 17 nitrogen and oxygen atoms in total. The van der Waals surface area contributed by atoms with E-state index in [4.69, 9.17) is 19.9 Å². The maximum Gasteiger partial charge on any atom is 0.323 e. The van der Waals surface area contributed by atoms with Crippen LogP contribution in [0.3, 0.4) is 0 Å². The first-order valence-corrected chi connectivity index (χ1v) is 20.2. The molecule has 330 valence electrons. The van der Waals surface area contributed by atoms with Crippen LogP contribution in [0.5, 0.6) is 0 Å². The lowest BCUT2D eigenvalue weighted by atomic mass is 9.92. The topological polar surface area (TPSA) is 205 Å². The van der Waals surface area contributed by atoms with Gasteiger partial charge in [-0.05, 0) is 74.4 Å². The molecule has 1 saturated heterocycles. The van der Waals surface area contributed by atoms with Gasteiger partial charge in [-0.1, -0.05) is 34.1 Å². The molecule has 2 atom stereocenters. The number of likely N-dealkylation sites (N-methyl/N-ethyl adjacent to an activating group) is 1. The van der Waals surface area contributed by atoms with Gasteiger partial charge in [-0.25, -0.2) is 0 Å². The van der Waals surface area contributed by atoms with E-state index in [1.807, 2.05) is 32.6 Å². The van der Waals surface area contributed by atoms with Crippen molar-refractivity contribution in [1.29, 1.82) is 0 Å². The number of carbonyl (C=O) groups excluding carboxylic acids is 6. The summed E-state index contributed by atoms with van der Waals surface area (Å²) in [4.78, 5) is 83.2. The minimum absolute atomic E-state index is 0.00996. The van der Waals surface area contributed by atoms with Crippen LogP contribution in [0, 0.1) is 10.8 Å². The summed E-state index contributed by atoms with van der Waals surface area (Å²) in [6.07, 6.45) is 4.09. The zero-order chi connectivity index (χ0) is 43.5. The SMILES string of the molecule is CNC(CCCCN)C(=O)NCC(C)(C)COCC(C)(C)CNC(=O)CCC(C(=O)OC(C)(C)C)N1CN(CC=O)CN(CC(=O)OC(C)(C)C)CN(CC=O)C1. The summed E-state index contributed by atoms with van der Waals surface area (Å²) in [5.74, 6) is -1.28. The van der Waals surface area contributed by atoms with Crippen molar-refractivity contribution in [3.63, 3.8) is 0 Å². The highest BCUT2D eigenvalue weighted by atomic mass is 16.6. The summed E-state index contributed by atoms with van der Waals surface area (Å²) < 4.78 is 17.4. The number of nitrogens with two attached hydrogens (primary N) is 1. The second-order valence-corrected chi connectivity index (χ2v) is 18.6. The number of aldehydes is 2. The Morgan fingerprint density at radius 1 is 0.719 bits per heavy atom. The number of carbonyl (C=O) groups is 6. The number of nitrogens with one attached hydrogen (secondary N) is 3. The van der Waals surface area contributed by atoms with Crippen molar-refractivity contribution in [3.05, 3.63) is 0 Å². The Morgan fingerprint density at radius 3 is 1.72 bits per heavy atom. The van der Waals surface area contributed by atoms with Gasteiger partial charge in [0.25, 0.3) is 0 Å². The molecule has 0 aromatic heterocycles. The zero-order valence-corrected chi connectivity index (χ0v) is 36.9. The zero-order valence-electron chi connectivity index (χ0n) is 36.9. The van der Waals surface area contributed by atoms with E-state index in [-0.39, 0.29) is 82.4 Å². The van der Waals surface area contributed by atoms with Gasteiger partial charge < -0.3 is 45.5 Å². The van der Waals surface area contributed by atoms with Crippen LogP contribution in [0.4, 0.5) is 0 Å². The highest BCUT2D eigenvalue weighted by Gasteiger charge is 2.35. The van der Waals surface area contributed by atoms with Crippen molar-refractivity contribution in [1.82, 2.24) is 35.6 Å². The van der Waals surface area contributed by atoms with Crippen LogP contribution in [0.25, 0.3) is 0 Å². The average Bonchev–Trinajstić information content (AvgIpc) is 3.06. The van der Waals surface area contributed by atoms with Gasteiger partial charge in [-0.2, -0.15) is 0 Å². The summed E-state index contributed by atoms with van der Waals surface area (Å²) in [5, 5.41) is 9.10. The highest BCUT2D eigenvalue weighted by Crippen LogP contribution is 2.21. The first-order chi connectivity index (χ1) is 26.4. The summed E-state index contributed by atoms with van der Waals surface area (Å²) in [7, 11) is 1.78. The normalized spacial score (nSPS) is 16.8. The quantitative estimate of drug-likeness (QED) is 0.0583. The Kier molecular flexibility index (Phi) is 22.6. The molecule has 0 radical (unpaired) electrons. The van der Waals surface area contributed by atoms with Gasteiger partial charge in [0.1, 0.15) is 29.8 Å². The molecule has 0 saturated carbocycles. The van der Waals surface area contributed by atoms with E-state index in [2.05, 4.69) is 16.0 Å². The van der Waals surface area contributed by atoms with Gasteiger partial charge in [-0.3, -0.25) is 38.8 Å². The summed E-state index contributed by atoms with van der Waals surface area (Å²) in [5.41, 5.74) is 3.35. The third-order valence-electron chi connectivity index (χ3n) is 8.87. The molecule has 1 rings (SSSR count). The second-order valence-electron chi connectivity index (χ2n) is 18.6. The number of ether oxygens (including phenoxy) is 3. The molecule has 0 aromatic carbocycles. The lowest BCUT2D eigenvalue weighted by Crippen LogP contribution is -2.60. The largest absolute Gasteiger partial charge is 0.459 e. The number of hydrogen-bond acceptors (Lipinski definition) is 15. The molecule has 17 heteroatoms. The fourth-order valence-electron chi connectivity index (χ4n) is 6.12. The Morgan fingerprint density at radius 2 is 1.25 bits per heavy atom. The molecule has 0 spiro atoms. The maximum absolute atomic E-state index is 13.8. The predicted molar refractivity (Wildman–Crippen MR) is 218 cm³/mol. The minimum Gasteiger partial charge on any atom is -0.459 e. The van der Waals surface area contributed by atoms with Gasteiger partial charge >= 0.3 is 11.9 Å². The third kappa shape index (κ3) is 23.2. The van der Waals surface area contributed by atoms with Crippen LogP contribution in [0.2, 0.25) is 0 Å². The Bertz CT molecular complexity index is 1250. The Labute approximate surface area is 341 Å². The first-order valence-electron chi connectivity index (χ1n) is 20.2. The molecule has 1 heterocycles. The number of amides is 2. The van der Waals surface area contributed by atoms with E-state index < -0.39 is 34.6 Å². The van der Waals surface area contributed by atoms with Crippen LogP contribution in [0.15, 0.2) is 0 Å². The molecule has 2 unspecified atom stereocenters. The number of esters is 2. The first kappa shape index (κ1) is 52.0. The lowest BCUT2D eigenvalue weighted by molar-refractivity contribution is -0.166. The molecule has 57 heavy (non-hydrogen) atoms. The lowest BCUT2D eigenvalue weighted by Gasteiger charge is -2.43. The van der Waals surface area contributed by atoms with Gasteiger partial charge in [0.05, 0.1) is 65.6 Å². The van der Waals surface area contributed by atoms with E-state index in [1.54, 1.807) is 63.3 Å². The molecule has 1 fully saturated rings. The van der Waals surface area contributed by atoms with Crippen LogP contribution >= 0.6 is 0 Å². The average molecular weight is 813 g/mol. The van der Waals surface area contributed by atoms with Crippen LogP contribution in [-0.4, -0.2) is 165 Å². The molecule has 5 N–H and O–H groups in total. The number of rotatable bonds is 25. The molecular formula is C40H76N8O9. The Balaban J connectivity index is 2.95. The van der Waals surface area contributed by atoms with E-state index >= 15 is 0 Å². The van der Waals surface area contributed by atoms with Crippen LogP contribution in [-0.2, 0) is 43.0 Å². The van der Waals surface area contributed by atoms with Crippen molar-refractivity contribution in [2.75, 3.05) is 86.2 Å². The highest BCUT2D eigenvalue weighted by molar-refractivity contribution is 5.81. The fraction of sp³-hybridized carbons (Fsp3) is 0.850.